The van der Waals surface area contributed by atoms with Gasteiger partial charge in [0.05, 0.1) is 0 Å². The highest BCUT2D eigenvalue weighted by Crippen LogP contribution is 2.48. The quantitative estimate of drug-likeness (QED) is 0.422. The molecule has 4 atom stereocenters. The summed E-state index contributed by atoms with van der Waals surface area (Å²) < 4.78 is 0. The van der Waals surface area contributed by atoms with Crippen LogP contribution in [0.4, 0.5) is 0 Å². The Morgan fingerprint density at radius 1 is 0.973 bits per heavy atom. The molecule has 190 valence electrons. The topological polar surface area (TPSA) is 32.3 Å². The molecule has 2 aliphatic carbocycles. The predicted molar refractivity (Wildman–Crippen MR) is 152 cm³/mol. The zero-order valence-corrected chi connectivity index (χ0v) is 21.9. The third-order valence-corrected chi connectivity index (χ3v) is 9.33. The van der Waals surface area contributed by atoms with E-state index in [2.05, 4.69) is 77.8 Å². The number of piperidine rings is 1. The van der Waals surface area contributed by atoms with Crippen LogP contribution in [0.3, 0.4) is 0 Å². The molecule has 0 radical (unpaired) electrons. The van der Waals surface area contributed by atoms with Crippen LogP contribution in [0.1, 0.15) is 71.1 Å². The van der Waals surface area contributed by atoms with E-state index in [9.17, 15) is 4.79 Å². The SMILES string of the molecule is C[C@H]1CN(C2CCC(c3ccc(C(=O)NCCc4ccccc4)cc3)C2)CCC12C=Cc1ccccc12. The van der Waals surface area contributed by atoms with Crippen LogP contribution in [0.15, 0.2) is 84.9 Å². The molecule has 3 heteroatoms. The Kier molecular flexibility index (Phi) is 6.73. The van der Waals surface area contributed by atoms with Gasteiger partial charge >= 0.3 is 0 Å². The van der Waals surface area contributed by atoms with Crippen molar-refractivity contribution in [2.45, 2.75) is 56.4 Å². The van der Waals surface area contributed by atoms with E-state index in [4.69, 9.17) is 0 Å². The maximum absolute atomic E-state index is 12.6. The molecule has 0 aromatic heterocycles. The number of hydrogen-bond donors (Lipinski definition) is 1. The largest absolute Gasteiger partial charge is 0.352 e. The van der Waals surface area contributed by atoms with E-state index in [0.29, 0.717) is 24.4 Å². The molecule has 3 nitrogen and oxygen atoms in total. The first kappa shape index (κ1) is 24.2. The van der Waals surface area contributed by atoms with Gasteiger partial charge in [-0.25, -0.2) is 0 Å². The molecule has 1 amide bonds. The molecule has 1 heterocycles. The van der Waals surface area contributed by atoms with Crippen LogP contribution in [0.2, 0.25) is 0 Å². The Labute approximate surface area is 221 Å². The molecule has 3 aromatic carbocycles. The molecular weight excluding hydrogens is 452 g/mol. The highest BCUT2D eigenvalue weighted by molar-refractivity contribution is 5.94. The average molecular weight is 491 g/mol. The smallest absolute Gasteiger partial charge is 0.251 e. The molecule has 3 unspecified atom stereocenters. The average Bonchev–Trinajstić information content (AvgIpc) is 3.58. The van der Waals surface area contributed by atoms with Gasteiger partial charge in [-0.2, -0.15) is 0 Å². The van der Waals surface area contributed by atoms with Crippen LogP contribution in [-0.2, 0) is 11.8 Å². The number of carbonyl (C=O) groups excluding carboxylic acids is 1. The number of likely N-dealkylation sites (tertiary alicyclic amines) is 1. The van der Waals surface area contributed by atoms with Crippen molar-refractivity contribution in [3.8, 4) is 0 Å². The van der Waals surface area contributed by atoms with E-state index in [0.717, 1.165) is 12.0 Å². The van der Waals surface area contributed by atoms with Crippen molar-refractivity contribution in [3.63, 3.8) is 0 Å². The molecule has 1 spiro atoms. The maximum Gasteiger partial charge on any atom is 0.251 e. The van der Waals surface area contributed by atoms with Crippen LogP contribution in [0.5, 0.6) is 0 Å². The highest BCUT2D eigenvalue weighted by atomic mass is 16.1. The second-order valence-electron chi connectivity index (χ2n) is 11.4. The fourth-order valence-electron chi connectivity index (χ4n) is 7.12. The minimum Gasteiger partial charge on any atom is -0.352 e. The van der Waals surface area contributed by atoms with E-state index in [1.165, 1.54) is 61.0 Å². The third-order valence-electron chi connectivity index (χ3n) is 9.33. The Bertz CT molecular complexity index is 1260. The Morgan fingerprint density at radius 3 is 2.57 bits per heavy atom. The van der Waals surface area contributed by atoms with Crippen molar-refractivity contribution in [2.24, 2.45) is 5.92 Å². The maximum atomic E-state index is 12.6. The first-order valence-corrected chi connectivity index (χ1v) is 14.1. The number of nitrogens with zero attached hydrogens (tertiary/aromatic N) is 1. The van der Waals surface area contributed by atoms with Crippen molar-refractivity contribution >= 4 is 12.0 Å². The van der Waals surface area contributed by atoms with Crippen LogP contribution in [-0.4, -0.2) is 36.5 Å². The summed E-state index contributed by atoms with van der Waals surface area (Å²) in [5.41, 5.74) is 6.57. The molecule has 1 aliphatic heterocycles. The van der Waals surface area contributed by atoms with Gasteiger partial charge < -0.3 is 10.2 Å². The fraction of sp³-hybridized carbons (Fsp3) is 0.382. The second kappa shape index (κ2) is 10.3. The van der Waals surface area contributed by atoms with Gasteiger partial charge in [0.1, 0.15) is 0 Å². The Balaban J connectivity index is 1.02. The van der Waals surface area contributed by atoms with Crippen LogP contribution >= 0.6 is 0 Å². The standard InChI is InChI=1S/C34H38N2O/c1-25-24-36(22-20-34(25)19-17-28-9-5-6-10-32(28)34)31-16-15-30(23-31)27-11-13-29(14-12-27)33(37)35-21-18-26-7-3-2-4-8-26/h2-14,17,19,25,30-31H,15-16,18,20-24H2,1H3,(H,35,37)/t25-,30?,31?,34?/m0/s1. The Morgan fingerprint density at radius 2 is 1.76 bits per heavy atom. The van der Waals surface area contributed by atoms with Crippen molar-refractivity contribution in [1.29, 1.82) is 0 Å². The summed E-state index contributed by atoms with van der Waals surface area (Å²) in [6.07, 6.45) is 10.7. The lowest BCUT2D eigenvalue weighted by Gasteiger charge is -2.46. The van der Waals surface area contributed by atoms with Gasteiger partial charge in [-0.05, 0) is 84.9 Å². The van der Waals surface area contributed by atoms with Crippen molar-refractivity contribution in [3.05, 3.63) is 113 Å². The first-order valence-electron chi connectivity index (χ1n) is 14.1. The first-order chi connectivity index (χ1) is 18.1. The lowest BCUT2D eigenvalue weighted by atomic mass is 9.68. The van der Waals surface area contributed by atoms with E-state index < -0.39 is 0 Å². The summed E-state index contributed by atoms with van der Waals surface area (Å²) in [6, 6.07) is 28.3. The van der Waals surface area contributed by atoms with E-state index in [1.807, 2.05) is 30.3 Å². The third kappa shape index (κ3) is 4.78. The number of rotatable bonds is 6. The zero-order valence-electron chi connectivity index (χ0n) is 21.9. The highest BCUT2D eigenvalue weighted by Gasteiger charge is 2.45. The lowest BCUT2D eigenvalue weighted by Crippen LogP contribution is -2.50. The van der Waals surface area contributed by atoms with E-state index >= 15 is 0 Å². The van der Waals surface area contributed by atoms with Crippen LogP contribution in [0.25, 0.3) is 6.08 Å². The summed E-state index contributed by atoms with van der Waals surface area (Å²) >= 11 is 0. The number of hydrogen-bond acceptors (Lipinski definition) is 2. The minimum absolute atomic E-state index is 0.0190. The summed E-state index contributed by atoms with van der Waals surface area (Å²) in [7, 11) is 0. The van der Waals surface area contributed by atoms with Gasteiger partial charge in [-0.1, -0.05) is 85.8 Å². The number of carbonyl (C=O) groups is 1. The van der Waals surface area contributed by atoms with Crippen LogP contribution in [0, 0.1) is 5.92 Å². The van der Waals surface area contributed by atoms with E-state index in [-0.39, 0.29) is 11.3 Å². The minimum atomic E-state index is 0.0190. The van der Waals surface area contributed by atoms with Gasteiger partial charge in [0.2, 0.25) is 0 Å². The number of nitrogens with one attached hydrogen (secondary N) is 1. The van der Waals surface area contributed by atoms with Gasteiger partial charge in [0.15, 0.2) is 0 Å². The molecular formula is C34H38N2O. The van der Waals surface area contributed by atoms with Crippen molar-refractivity contribution < 1.29 is 4.79 Å². The summed E-state index contributed by atoms with van der Waals surface area (Å²) in [5, 5.41) is 3.07. The summed E-state index contributed by atoms with van der Waals surface area (Å²) in [4.78, 5) is 15.4. The van der Waals surface area contributed by atoms with Gasteiger partial charge in [0.25, 0.3) is 5.91 Å². The summed E-state index contributed by atoms with van der Waals surface area (Å²) in [6.45, 7) is 5.47. The number of amides is 1. The van der Waals surface area contributed by atoms with Crippen LogP contribution < -0.4 is 5.32 Å². The van der Waals surface area contributed by atoms with E-state index in [1.54, 1.807) is 0 Å². The molecule has 2 fully saturated rings. The number of allylic oxidation sites excluding steroid dienone is 1. The lowest BCUT2D eigenvalue weighted by molar-refractivity contribution is 0.0898. The molecule has 3 aromatic rings. The van der Waals surface area contributed by atoms with Gasteiger partial charge in [0, 0.05) is 30.1 Å². The van der Waals surface area contributed by atoms with Crippen molar-refractivity contribution in [2.75, 3.05) is 19.6 Å². The monoisotopic (exact) mass is 490 g/mol. The van der Waals surface area contributed by atoms with Gasteiger partial charge in [-0.3, -0.25) is 4.79 Å². The fourth-order valence-corrected chi connectivity index (χ4v) is 7.12. The number of fused-ring (bicyclic) bond motifs is 2. The molecule has 1 saturated heterocycles. The Hall–Kier alpha value is -3.17. The molecule has 1 N–H and O–H groups in total. The number of benzene rings is 3. The molecule has 0 bridgehead atoms. The zero-order chi connectivity index (χ0) is 25.2. The summed E-state index contributed by atoms with van der Waals surface area (Å²) in [5.74, 6) is 1.24. The second-order valence-corrected chi connectivity index (χ2v) is 11.4. The van der Waals surface area contributed by atoms with Gasteiger partial charge in [-0.15, -0.1) is 0 Å². The molecule has 37 heavy (non-hydrogen) atoms. The molecule has 6 rings (SSSR count). The molecule has 3 aliphatic rings. The van der Waals surface area contributed by atoms with Crippen molar-refractivity contribution in [1.82, 2.24) is 10.2 Å². The predicted octanol–water partition coefficient (Wildman–Crippen LogP) is 6.60. The molecule has 1 saturated carbocycles. The normalized spacial score (nSPS) is 26.9.